The van der Waals surface area contributed by atoms with Crippen molar-refractivity contribution in [1.29, 1.82) is 5.26 Å². The fraction of sp³-hybridized carbons (Fsp3) is 0.333. The first-order valence-corrected chi connectivity index (χ1v) is 9.65. The Morgan fingerprint density at radius 3 is 2.43 bits per heavy atom. The molecule has 28 heavy (non-hydrogen) atoms. The van der Waals surface area contributed by atoms with E-state index in [1.54, 1.807) is 24.3 Å². The molecule has 148 valence electrons. The van der Waals surface area contributed by atoms with Gasteiger partial charge in [-0.05, 0) is 59.6 Å². The van der Waals surface area contributed by atoms with Gasteiger partial charge in [0.15, 0.2) is 5.78 Å². The highest BCUT2D eigenvalue weighted by molar-refractivity contribution is 9.10. The minimum atomic E-state index is -0.911. The number of ether oxygens (including phenoxy) is 2. The summed E-state index contributed by atoms with van der Waals surface area (Å²) in [6, 6.07) is 10.1. The molecule has 0 aliphatic rings. The third-order valence-corrected chi connectivity index (χ3v) is 4.66. The summed E-state index contributed by atoms with van der Waals surface area (Å²) < 4.78 is 11.8. The van der Waals surface area contributed by atoms with Gasteiger partial charge in [-0.25, -0.2) is 0 Å². The van der Waals surface area contributed by atoms with Gasteiger partial charge in [-0.3, -0.25) is 4.79 Å². The van der Waals surface area contributed by atoms with Crippen LogP contribution in [0.15, 0.2) is 34.8 Å². The summed E-state index contributed by atoms with van der Waals surface area (Å²) in [5.74, 6) is 0.651. The predicted molar refractivity (Wildman–Crippen MR) is 108 cm³/mol. The third-order valence-electron chi connectivity index (χ3n) is 4.04. The molecule has 0 saturated carbocycles. The molecule has 0 heterocycles. The van der Waals surface area contributed by atoms with Gasteiger partial charge in [-0.2, -0.15) is 5.26 Å². The van der Waals surface area contributed by atoms with E-state index in [0.29, 0.717) is 33.5 Å². The lowest BCUT2D eigenvalue weighted by Gasteiger charge is -2.17. The van der Waals surface area contributed by atoms with Crippen molar-refractivity contribution in [2.24, 2.45) is 0 Å². The maximum atomic E-state index is 11.6. The number of ketones is 1. The van der Waals surface area contributed by atoms with Gasteiger partial charge in [-0.15, -0.1) is 0 Å². The Balaban J connectivity index is 2.00. The number of carbonyl (C=O) groups excluding carboxylic acids is 1. The van der Waals surface area contributed by atoms with Crippen LogP contribution in [-0.2, 0) is 6.42 Å². The number of aromatic hydroxyl groups is 1. The molecule has 0 fully saturated rings. The number of hydrogen-bond donors (Lipinski definition) is 2. The number of phenols is 1. The van der Waals surface area contributed by atoms with Crippen LogP contribution < -0.4 is 9.47 Å². The molecule has 2 aromatic carbocycles. The van der Waals surface area contributed by atoms with Gasteiger partial charge in [0.05, 0.1) is 21.7 Å². The summed E-state index contributed by atoms with van der Waals surface area (Å²) in [5, 5.41) is 29.4. The Bertz CT molecular complexity index is 891. The minimum absolute atomic E-state index is 0.00881. The van der Waals surface area contributed by atoms with E-state index in [-0.39, 0.29) is 30.3 Å². The SMILES string of the molecule is CCCc1c(OCC(O)COc2ccc(C#N)cc2Br)ccc(C(C)=O)c1O. The van der Waals surface area contributed by atoms with Crippen molar-refractivity contribution in [1.82, 2.24) is 0 Å². The molecule has 2 aromatic rings. The van der Waals surface area contributed by atoms with Crippen molar-refractivity contribution >= 4 is 21.7 Å². The molecule has 0 aromatic heterocycles. The first-order chi connectivity index (χ1) is 13.4. The van der Waals surface area contributed by atoms with Gasteiger partial charge in [0, 0.05) is 5.56 Å². The van der Waals surface area contributed by atoms with Crippen LogP contribution in [0.1, 0.15) is 41.8 Å². The number of nitriles is 1. The Hall–Kier alpha value is -2.56. The van der Waals surface area contributed by atoms with Gasteiger partial charge >= 0.3 is 0 Å². The molecule has 7 heteroatoms. The van der Waals surface area contributed by atoms with Crippen LogP contribution in [0.5, 0.6) is 17.2 Å². The van der Waals surface area contributed by atoms with Crippen molar-refractivity contribution < 1.29 is 24.5 Å². The molecule has 0 aliphatic heterocycles. The monoisotopic (exact) mass is 447 g/mol. The van der Waals surface area contributed by atoms with Gasteiger partial charge in [0.1, 0.15) is 36.6 Å². The smallest absolute Gasteiger partial charge is 0.163 e. The van der Waals surface area contributed by atoms with Crippen LogP contribution >= 0.6 is 15.9 Å². The summed E-state index contributed by atoms with van der Waals surface area (Å²) in [6.07, 6.45) is 0.406. The quantitative estimate of drug-likeness (QED) is 0.563. The standard InChI is InChI=1S/C21H22BrNO5/c1-3-4-17-19(8-6-16(13(2)24)21(17)26)27-11-15(25)12-28-20-7-5-14(10-23)9-18(20)22/h5-9,15,25-26H,3-4,11-12H2,1-2H3. The molecule has 0 amide bonds. The zero-order valence-electron chi connectivity index (χ0n) is 15.7. The average molecular weight is 448 g/mol. The molecule has 2 rings (SSSR count). The van der Waals surface area contributed by atoms with E-state index >= 15 is 0 Å². The number of phenolic OH excluding ortho intramolecular Hbond substituents is 1. The first kappa shape index (κ1) is 21.7. The van der Waals surface area contributed by atoms with Gasteiger partial charge in [0.2, 0.25) is 0 Å². The van der Waals surface area contributed by atoms with Crippen LogP contribution in [-0.4, -0.2) is 35.3 Å². The fourth-order valence-corrected chi connectivity index (χ4v) is 3.13. The number of aliphatic hydroxyl groups excluding tert-OH is 1. The number of nitrogens with zero attached hydrogens (tertiary/aromatic N) is 1. The van der Waals surface area contributed by atoms with Gasteiger partial charge in [-0.1, -0.05) is 13.3 Å². The summed E-state index contributed by atoms with van der Waals surface area (Å²) >= 11 is 3.32. The fourth-order valence-electron chi connectivity index (χ4n) is 2.64. The lowest BCUT2D eigenvalue weighted by atomic mass is 10.0. The second-order valence-electron chi connectivity index (χ2n) is 6.28. The van der Waals surface area contributed by atoms with Crippen LogP contribution in [0.25, 0.3) is 0 Å². The summed E-state index contributed by atoms with van der Waals surface area (Å²) in [6.45, 7) is 3.31. The molecule has 2 N–H and O–H groups in total. The van der Waals surface area contributed by atoms with E-state index in [0.717, 1.165) is 6.42 Å². The molecule has 0 aliphatic carbocycles. The maximum absolute atomic E-state index is 11.6. The van der Waals surface area contributed by atoms with Crippen molar-refractivity contribution in [3.05, 3.63) is 51.5 Å². The predicted octanol–water partition coefficient (Wildman–Crippen LogP) is 4.00. The van der Waals surface area contributed by atoms with Crippen molar-refractivity contribution in [2.45, 2.75) is 32.8 Å². The number of benzene rings is 2. The van der Waals surface area contributed by atoms with Crippen molar-refractivity contribution in [2.75, 3.05) is 13.2 Å². The second kappa shape index (κ2) is 10.1. The van der Waals surface area contributed by atoms with Crippen molar-refractivity contribution in [3.8, 4) is 23.3 Å². The number of halogens is 1. The van der Waals surface area contributed by atoms with E-state index in [1.165, 1.54) is 13.0 Å². The van der Waals surface area contributed by atoms with E-state index < -0.39 is 6.10 Å². The van der Waals surface area contributed by atoms with Gasteiger partial charge < -0.3 is 19.7 Å². The van der Waals surface area contributed by atoms with Gasteiger partial charge in [0.25, 0.3) is 0 Å². The first-order valence-electron chi connectivity index (χ1n) is 8.86. The average Bonchev–Trinajstić information content (AvgIpc) is 2.67. The molecule has 0 spiro atoms. The highest BCUT2D eigenvalue weighted by Gasteiger charge is 2.17. The number of hydrogen-bond acceptors (Lipinski definition) is 6. The number of aliphatic hydroxyl groups is 1. The normalized spacial score (nSPS) is 11.5. The lowest BCUT2D eigenvalue weighted by Crippen LogP contribution is -2.25. The highest BCUT2D eigenvalue weighted by Crippen LogP contribution is 2.33. The lowest BCUT2D eigenvalue weighted by molar-refractivity contribution is 0.0619. The zero-order chi connectivity index (χ0) is 20.7. The number of Topliss-reactive ketones (excluding diaryl/α,β-unsaturated/α-hetero) is 1. The minimum Gasteiger partial charge on any atom is -0.507 e. The van der Waals surface area contributed by atoms with E-state index in [2.05, 4.69) is 15.9 Å². The molecule has 0 saturated heterocycles. The molecule has 1 atom stereocenters. The largest absolute Gasteiger partial charge is 0.507 e. The molecule has 6 nitrogen and oxygen atoms in total. The molecular formula is C21H22BrNO5. The van der Waals surface area contributed by atoms with Crippen LogP contribution in [0.3, 0.4) is 0 Å². The third kappa shape index (κ3) is 5.47. The second-order valence-corrected chi connectivity index (χ2v) is 7.13. The summed E-state index contributed by atoms with van der Waals surface area (Å²) in [5.41, 5.74) is 1.31. The molecule has 0 bridgehead atoms. The van der Waals surface area contributed by atoms with E-state index in [9.17, 15) is 15.0 Å². The Labute approximate surface area is 172 Å². The molecular weight excluding hydrogens is 426 g/mol. The Morgan fingerprint density at radius 2 is 1.86 bits per heavy atom. The van der Waals surface area contributed by atoms with Crippen LogP contribution in [0.4, 0.5) is 0 Å². The summed E-state index contributed by atoms with van der Waals surface area (Å²) in [4.78, 5) is 11.6. The maximum Gasteiger partial charge on any atom is 0.163 e. The zero-order valence-corrected chi connectivity index (χ0v) is 17.3. The Kier molecular flexibility index (Phi) is 7.85. The number of rotatable bonds is 9. The van der Waals surface area contributed by atoms with Crippen LogP contribution in [0, 0.1) is 11.3 Å². The molecule has 1 unspecified atom stereocenters. The van der Waals surface area contributed by atoms with E-state index in [1.807, 2.05) is 13.0 Å². The van der Waals surface area contributed by atoms with Crippen LogP contribution in [0.2, 0.25) is 0 Å². The topological polar surface area (TPSA) is 99.8 Å². The van der Waals surface area contributed by atoms with Crippen molar-refractivity contribution in [3.63, 3.8) is 0 Å². The number of carbonyl (C=O) groups is 1. The Morgan fingerprint density at radius 1 is 1.21 bits per heavy atom. The highest BCUT2D eigenvalue weighted by atomic mass is 79.9. The molecule has 0 radical (unpaired) electrons. The summed E-state index contributed by atoms with van der Waals surface area (Å²) in [7, 11) is 0. The van der Waals surface area contributed by atoms with E-state index in [4.69, 9.17) is 14.7 Å².